The molecular weight excluding hydrogens is 158 g/mol. The van der Waals surface area contributed by atoms with Gasteiger partial charge in [-0.2, -0.15) is 0 Å². The van der Waals surface area contributed by atoms with Crippen LogP contribution in [0.3, 0.4) is 0 Å². The molecule has 1 aliphatic rings. The summed E-state index contributed by atoms with van der Waals surface area (Å²) in [6, 6.07) is 0.824. The van der Waals surface area contributed by atoms with Crippen molar-refractivity contribution in [1.82, 2.24) is 5.32 Å². The predicted molar refractivity (Wildman–Crippen MR) is 58.9 cm³/mol. The van der Waals surface area contributed by atoms with Crippen LogP contribution in [-0.4, -0.2) is 12.6 Å². The van der Waals surface area contributed by atoms with E-state index in [0.717, 1.165) is 17.9 Å². The van der Waals surface area contributed by atoms with Crippen molar-refractivity contribution in [2.75, 3.05) is 6.54 Å². The summed E-state index contributed by atoms with van der Waals surface area (Å²) in [4.78, 5) is 0. The Bertz CT molecular complexity index is 125. The van der Waals surface area contributed by atoms with E-state index in [0.29, 0.717) is 0 Å². The van der Waals surface area contributed by atoms with E-state index in [-0.39, 0.29) is 0 Å². The molecule has 0 radical (unpaired) electrons. The van der Waals surface area contributed by atoms with Crippen LogP contribution in [-0.2, 0) is 0 Å². The molecule has 1 rings (SSSR count). The van der Waals surface area contributed by atoms with E-state index < -0.39 is 0 Å². The van der Waals surface area contributed by atoms with Crippen molar-refractivity contribution >= 4 is 0 Å². The molecule has 1 aliphatic heterocycles. The molecule has 1 heterocycles. The average Bonchev–Trinajstić information content (AvgIpc) is 2.16. The van der Waals surface area contributed by atoms with Crippen LogP contribution in [0.2, 0.25) is 0 Å². The lowest BCUT2D eigenvalue weighted by molar-refractivity contribution is 0.299. The molecule has 78 valence electrons. The van der Waals surface area contributed by atoms with E-state index in [9.17, 15) is 0 Å². The zero-order valence-electron chi connectivity index (χ0n) is 9.47. The van der Waals surface area contributed by atoms with Crippen molar-refractivity contribution in [3.8, 4) is 0 Å². The summed E-state index contributed by atoms with van der Waals surface area (Å²) in [6.45, 7) is 8.25. The van der Waals surface area contributed by atoms with E-state index in [1.807, 2.05) is 0 Å². The van der Waals surface area contributed by atoms with Crippen molar-refractivity contribution in [2.45, 2.75) is 58.9 Å². The highest BCUT2D eigenvalue weighted by Gasteiger charge is 2.17. The van der Waals surface area contributed by atoms with Crippen molar-refractivity contribution in [1.29, 1.82) is 0 Å². The van der Waals surface area contributed by atoms with Gasteiger partial charge in [0.1, 0.15) is 0 Å². The predicted octanol–water partition coefficient (Wildman–Crippen LogP) is 3.20. The summed E-state index contributed by atoms with van der Waals surface area (Å²) in [7, 11) is 0. The molecular formula is C12H25N. The molecule has 1 saturated heterocycles. The van der Waals surface area contributed by atoms with E-state index in [4.69, 9.17) is 0 Å². The minimum Gasteiger partial charge on any atom is -0.314 e. The third kappa shape index (κ3) is 4.12. The van der Waals surface area contributed by atoms with Crippen LogP contribution in [0, 0.1) is 11.8 Å². The maximum Gasteiger partial charge on any atom is 0.00673 e. The minimum absolute atomic E-state index is 0.824. The molecule has 1 nitrogen and oxygen atoms in total. The first kappa shape index (κ1) is 11.0. The Morgan fingerprint density at radius 1 is 1.38 bits per heavy atom. The first-order valence-corrected chi connectivity index (χ1v) is 5.95. The molecule has 0 saturated carbocycles. The fraction of sp³-hybridized carbons (Fsp3) is 1.00. The largest absolute Gasteiger partial charge is 0.314 e. The van der Waals surface area contributed by atoms with E-state index in [2.05, 4.69) is 26.1 Å². The number of hydrogen-bond donors (Lipinski definition) is 1. The number of piperidine rings is 1. The molecule has 1 heteroatoms. The van der Waals surface area contributed by atoms with Gasteiger partial charge in [0.2, 0.25) is 0 Å². The van der Waals surface area contributed by atoms with E-state index in [1.54, 1.807) is 0 Å². The van der Waals surface area contributed by atoms with Gasteiger partial charge in [-0.05, 0) is 44.1 Å². The summed E-state index contributed by atoms with van der Waals surface area (Å²) in [6.07, 6.45) is 6.96. The Balaban J connectivity index is 2.08. The highest BCUT2D eigenvalue weighted by Crippen LogP contribution is 2.19. The smallest absolute Gasteiger partial charge is 0.00673 e. The van der Waals surface area contributed by atoms with Crippen molar-refractivity contribution < 1.29 is 0 Å². The second kappa shape index (κ2) is 5.64. The van der Waals surface area contributed by atoms with Gasteiger partial charge in [-0.15, -0.1) is 0 Å². The van der Waals surface area contributed by atoms with Gasteiger partial charge in [-0.25, -0.2) is 0 Å². The zero-order valence-corrected chi connectivity index (χ0v) is 9.47. The van der Waals surface area contributed by atoms with E-state index in [1.165, 1.54) is 38.6 Å². The van der Waals surface area contributed by atoms with Crippen LogP contribution in [0.4, 0.5) is 0 Å². The zero-order chi connectivity index (χ0) is 9.68. The van der Waals surface area contributed by atoms with Crippen molar-refractivity contribution in [3.05, 3.63) is 0 Å². The fourth-order valence-electron chi connectivity index (χ4n) is 1.99. The van der Waals surface area contributed by atoms with Crippen LogP contribution in [0.1, 0.15) is 52.9 Å². The van der Waals surface area contributed by atoms with Crippen LogP contribution in [0.25, 0.3) is 0 Å². The van der Waals surface area contributed by atoms with Gasteiger partial charge in [-0.3, -0.25) is 0 Å². The summed E-state index contributed by atoms with van der Waals surface area (Å²) in [5, 5.41) is 3.65. The van der Waals surface area contributed by atoms with Crippen LogP contribution in [0.15, 0.2) is 0 Å². The van der Waals surface area contributed by atoms with Crippen molar-refractivity contribution in [3.63, 3.8) is 0 Å². The van der Waals surface area contributed by atoms with Gasteiger partial charge in [0.05, 0.1) is 0 Å². The number of hydrogen-bond acceptors (Lipinski definition) is 1. The average molecular weight is 183 g/mol. The highest BCUT2D eigenvalue weighted by molar-refractivity contribution is 4.76. The molecule has 0 spiro atoms. The number of nitrogens with one attached hydrogen (secondary N) is 1. The molecule has 0 amide bonds. The molecule has 0 aromatic heterocycles. The molecule has 0 aliphatic carbocycles. The molecule has 0 aromatic rings. The van der Waals surface area contributed by atoms with Crippen LogP contribution >= 0.6 is 0 Å². The van der Waals surface area contributed by atoms with Crippen molar-refractivity contribution in [2.24, 2.45) is 11.8 Å². The Labute approximate surface area is 83.3 Å². The van der Waals surface area contributed by atoms with Gasteiger partial charge < -0.3 is 5.32 Å². The van der Waals surface area contributed by atoms with Gasteiger partial charge in [0.15, 0.2) is 0 Å². The summed E-state index contributed by atoms with van der Waals surface area (Å²) < 4.78 is 0. The number of rotatable bonds is 4. The highest BCUT2D eigenvalue weighted by atomic mass is 14.9. The third-order valence-corrected chi connectivity index (χ3v) is 3.47. The molecule has 0 aromatic carbocycles. The molecule has 0 bridgehead atoms. The van der Waals surface area contributed by atoms with Gasteiger partial charge in [-0.1, -0.05) is 27.2 Å². The topological polar surface area (TPSA) is 12.0 Å². The minimum atomic E-state index is 0.824. The summed E-state index contributed by atoms with van der Waals surface area (Å²) in [5.74, 6) is 1.82. The van der Waals surface area contributed by atoms with Crippen LogP contribution in [0.5, 0.6) is 0 Å². The summed E-state index contributed by atoms with van der Waals surface area (Å²) in [5.41, 5.74) is 0. The first-order valence-electron chi connectivity index (χ1n) is 5.95. The maximum atomic E-state index is 3.65. The summed E-state index contributed by atoms with van der Waals surface area (Å²) >= 11 is 0. The first-order chi connectivity index (χ1) is 6.22. The molecule has 3 unspecified atom stereocenters. The Morgan fingerprint density at radius 2 is 2.15 bits per heavy atom. The SMILES string of the molecule is CCC(C)CCC1CCC(C)CN1. The lowest BCUT2D eigenvalue weighted by Gasteiger charge is -2.28. The quantitative estimate of drug-likeness (QED) is 0.706. The maximum absolute atomic E-state index is 3.65. The monoisotopic (exact) mass is 183 g/mol. The third-order valence-electron chi connectivity index (χ3n) is 3.47. The second-order valence-electron chi connectivity index (χ2n) is 4.88. The van der Waals surface area contributed by atoms with Crippen LogP contribution < -0.4 is 5.32 Å². The Morgan fingerprint density at radius 3 is 2.69 bits per heavy atom. The molecule has 1 fully saturated rings. The van der Waals surface area contributed by atoms with Gasteiger partial charge in [0.25, 0.3) is 0 Å². The molecule has 3 atom stereocenters. The molecule has 13 heavy (non-hydrogen) atoms. The van der Waals surface area contributed by atoms with Gasteiger partial charge in [0, 0.05) is 6.04 Å². The molecule has 1 N–H and O–H groups in total. The second-order valence-corrected chi connectivity index (χ2v) is 4.88. The van der Waals surface area contributed by atoms with E-state index >= 15 is 0 Å². The van der Waals surface area contributed by atoms with Gasteiger partial charge >= 0.3 is 0 Å². The fourth-order valence-corrected chi connectivity index (χ4v) is 1.99. The standard InChI is InChI=1S/C12H25N/c1-4-10(2)5-7-12-8-6-11(3)9-13-12/h10-13H,4-9H2,1-3H3. The lowest BCUT2D eigenvalue weighted by atomic mass is 9.91. The Hall–Kier alpha value is -0.0400. The lowest BCUT2D eigenvalue weighted by Crippen LogP contribution is -2.38. The normalized spacial score (nSPS) is 31.6. The Kier molecular flexibility index (Phi) is 4.79.